The molecule has 180 valence electrons. The molecule has 0 spiro atoms. The Balaban J connectivity index is 1.32. The van der Waals surface area contributed by atoms with Crippen molar-refractivity contribution < 1.29 is 19.0 Å². The number of methoxy groups -OCH3 is 1. The highest BCUT2D eigenvalue weighted by molar-refractivity contribution is 5.95. The quantitative estimate of drug-likeness (QED) is 0.347. The Morgan fingerprint density at radius 2 is 1.80 bits per heavy atom. The summed E-state index contributed by atoms with van der Waals surface area (Å²) in [4.78, 5) is 16.3. The second-order valence-corrected chi connectivity index (χ2v) is 8.59. The van der Waals surface area contributed by atoms with Gasteiger partial charge in [0.1, 0.15) is 19.0 Å². The third-order valence-corrected chi connectivity index (χ3v) is 6.35. The highest BCUT2D eigenvalue weighted by Gasteiger charge is 2.21. The molecule has 3 aromatic carbocycles. The van der Waals surface area contributed by atoms with Crippen molar-refractivity contribution in [1.29, 1.82) is 0 Å². The van der Waals surface area contributed by atoms with Gasteiger partial charge in [-0.3, -0.25) is 4.79 Å². The number of nitrogens with one attached hydrogen (secondary N) is 3. The van der Waals surface area contributed by atoms with E-state index in [1.807, 2.05) is 43.3 Å². The van der Waals surface area contributed by atoms with Crippen LogP contribution in [0.3, 0.4) is 0 Å². The van der Waals surface area contributed by atoms with Crippen LogP contribution in [0.15, 0.2) is 72.9 Å². The Morgan fingerprint density at radius 1 is 1.03 bits per heavy atom. The first-order chi connectivity index (χ1) is 17.1. The zero-order chi connectivity index (χ0) is 24.2. The average Bonchev–Trinajstić information content (AvgIpc) is 3.33. The fourth-order valence-electron chi connectivity index (χ4n) is 4.38. The number of amides is 1. The molecule has 1 aliphatic rings. The summed E-state index contributed by atoms with van der Waals surface area (Å²) in [7, 11) is 1.66. The number of rotatable bonds is 8. The monoisotopic (exact) mass is 471 g/mol. The molecule has 7 heteroatoms. The first-order valence-corrected chi connectivity index (χ1v) is 11.8. The molecule has 0 radical (unpaired) electrons. The van der Waals surface area contributed by atoms with Gasteiger partial charge in [-0.05, 0) is 48.4 Å². The van der Waals surface area contributed by atoms with Gasteiger partial charge in [0, 0.05) is 41.3 Å². The van der Waals surface area contributed by atoms with Crippen molar-refractivity contribution in [3.05, 3.63) is 84.1 Å². The average molecular weight is 472 g/mol. The molecular weight excluding hydrogens is 442 g/mol. The molecule has 2 atom stereocenters. The lowest BCUT2D eigenvalue weighted by Gasteiger charge is -2.22. The van der Waals surface area contributed by atoms with Crippen molar-refractivity contribution >= 4 is 22.5 Å². The standard InChI is InChI=1S/C28H29N3O4/c1-18(28(32)31-20-9-12-26-27(15-20)35-14-13-34-26)29-16-23(19-7-10-21(33-2)11-8-19)24-17-30-25-6-4-3-5-22(24)25/h3-12,15,17-18,23,29-30H,13-14,16H2,1-2H3,(H,31,32)/t18-,23+/m1/s1. The summed E-state index contributed by atoms with van der Waals surface area (Å²) in [6, 6.07) is 21.4. The predicted octanol–water partition coefficient (Wildman–Crippen LogP) is 4.70. The largest absolute Gasteiger partial charge is 0.497 e. The van der Waals surface area contributed by atoms with Gasteiger partial charge in [-0.1, -0.05) is 30.3 Å². The fourth-order valence-corrected chi connectivity index (χ4v) is 4.38. The van der Waals surface area contributed by atoms with Crippen LogP contribution in [0.25, 0.3) is 10.9 Å². The van der Waals surface area contributed by atoms with Gasteiger partial charge in [-0.25, -0.2) is 0 Å². The van der Waals surface area contributed by atoms with E-state index < -0.39 is 6.04 Å². The van der Waals surface area contributed by atoms with Crippen LogP contribution in [0, 0.1) is 0 Å². The Hall–Kier alpha value is -3.97. The van der Waals surface area contributed by atoms with Crippen LogP contribution < -0.4 is 24.8 Å². The van der Waals surface area contributed by atoms with Crippen LogP contribution in [0.1, 0.15) is 24.0 Å². The van der Waals surface area contributed by atoms with Crippen LogP contribution in [-0.4, -0.2) is 43.8 Å². The summed E-state index contributed by atoms with van der Waals surface area (Å²) in [5.41, 5.74) is 4.09. The van der Waals surface area contributed by atoms with Crippen LogP contribution in [0.4, 0.5) is 5.69 Å². The molecule has 3 N–H and O–H groups in total. The summed E-state index contributed by atoms with van der Waals surface area (Å²) in [6.07, 6.45) is 2.06. The van der Waals surface area contributed by atoms with Crippen molar-refractivity contribution in [1.82, 2.24) is 10.3 Å². The molecule has 5 rings (SSSR count). The first-order valence-electron chi connectivity index (χ1n) is 11.8. The van der Waals surface area contributed by atoms with Crippen molar-refractivity contribution in [3.63, 3.8) is 0 Å². The van der Waals surface area contributed by atoms with E-state index in [0.717, 1.165) is 16.8 Å². The van der Waals surface area contributed by atoms with Gasteiger partial charge in [0.25, 0.3) is 0 Å². The fraction of sp³-hybridized carbons (Fsp3) is 0.250. The number of hydrogen-bond donors (Lipinski definition) is 3. The van der Waals surface area contributed by atoms with E-state index in [2.05, 4.69) is 46.1 Å². The van der Waals surface area contributed by atoms with Gasteiger partial charge < -0.3 is 29.8 Å². The number of aromatic nitrogens is 1. The zero-order valence-corrected chi connectivity index (χ0v) is 19.8. The normalized spacial score (nSPS) is 14.3. The lowest BCUT2D eigenvalue weighted by atomic mass is 9.90. The molecule has 0 saturated carbocycles. The number of aromatic amines is 1. The van der Waals surface area contributed by atoms with Crippen molar-refractivity contribution in [2.24, 2.45) is 0 Å². The second kappa shape index (κ2) is 10.1. The Bertz CT molecular complexity index is 1320. The Labute approximate surface area is 204 Å². The minimum Gasteiger partial charge on any atom is -0.497 e. The molecule has 0 bridgehead atoms. The minimum absolute atomic E-state index is 0.0431. The predicted molar refractivity (Wildman–Crippen MR) is 137 cm³/mol. The van der Waals surface area contributed by atoms with E-state index in [0.29, 0.717) is 36.9 Å². The van der Waals surface area contributed by atoms with Gasteiger partial charge in [-0.2, -0.15) is 0 Å². The molecule has 1 aromatic heterocycles. The Kier molecular flexibility index (Phi) is 6.59. The maximum absolute atomic E-state index is 12.9. The van der Waals surface area contributed by atoms with Gasteiger partial charge in [0.05, 0.1) is 13.2 Å². The zero-order valence-electron chi connectivity index (χ0n) is 19.8. The number of para-hydroxylation sites is 1. The summed E-state index contributed by atoms with van der Waals surface area (Å²) in [5, 5.41) is 7.58. The lowest BCUT2D eigenvalue weighted by molar-refractivity contribution is -0.117. The number of H-pyrrole nitrogens is 1. The van der Waals surface area contributed by atoms with Gasteiger partial charge in [0.15, 0.2) is 11.5 Å². The molecule has 7 nitrogen and oxygen atoms in total. The lowest BCUT2D eigenvalue weighted by Crippen LogP contribution is -2.40. The maximum Gasteiger partial charge on any atom is 0.241 e. The van der Waals surface area contributed by atoms with Crippen LogP contribution in [-0.2, 0) is 4.79 Å². The number of ether oxygens (including phenoxy) is 3. The van der Waals surface area contributed by atoms with E-state index in [-0.39, 0.29) is 11.8 Å². The van der Waals surface area contributed by atoms with Crippen LogP contribution in [0.2, 0.25) is 0 Å². The number of benzene rings is 3. The van der Waals surface area contributed by atoms with E-state index in [4.69, 9.17) is 14.2 Å². The number of anilines is 1. The van der Waals surface area contributed by atoms with Gasteiger partial charge in [0.2, 0.25) is 5.91 Å². The highest BCUT2D eigenvalue weighted by atomic mass is 16.6. The van der Waals surface area contributed by atoms with Gasteiger partial charge in [-0.15, -0.1) is 0 Å². The molecule has 0 unspecified atom stereocenters. The number of hydrogen-bond acceptors (Lipinski definition) is 5. The van der Waals surface area contributed by atoms with E-state index in [1.54, 1.807) is 13.2 Å². The number of fused-ring (bicyclic) bond motifs is 2. The molecule has 2 heterocycles. The molecule has 0 aliphatic carbocycles. The summed E-state index contributed by atoms with van der Waals surface area (Å²) in [6.45, 7) is 3.49. The SMILES string of the molecule is COc1ccc([C@H](CN[C@H](C)C(=O)Nc2ccc3c(c2)OCCO3)c2c[nH]c3ccccc23)cc1. The molecule has 0 fully saturated rings. The topological polar surface area (TPSA) is 84.6 Å². The Morgan fingerprint density at radius 3 is 2.60 bits per heavy atom. The second-order valence-electron chi connectivity index (χ2n) is 8.59. The third kappa shape index (κ3) is 4.95. The molecular formula is C28H29N3O4. The van der Waals surface area contributed by atoms with E-state index in [9.17, 15) is 4.79 Å². The summed E-state index contributed by atoms with van der Waals surface area (Å²) in [5.74, 6) is 2.08. The molecule has 1 aliphatic heterocycles. The van der Waals surface area contributed by atoms with E-state index >= 15 is 0 Å². The van der Waals surface area contributed by atoms with Crippen LogP contribution >= 0.6 is 0 Å². The van der Waals surface area contributed by atoms with Crippen molar-refractivity contribution in [2.45, 2.75) is 18.9 Å². The summed E-state index contributed by atoms with van der Waals surface area (Å²) < 4.78 is 16.5. The van der Waals surface area contributed by atoms with Crippen LogP contribution in [0.5, 0.6) is 17.2 Å². The third-order valence-electron chi connectivity index (χ3n) is 6.35. The van der Waals surface area contributed by atoms with Gasteiger partial charge >= 0.3 is 0 Å². The first kappa shape index (κ1) is 22.8. The smallest absolute Gasteiger partial charge is 0.241 e. The molecule has 4 aromatic rings. The molecule has 0 saturated heterocycles. The highest BCUT2D eigenvalue weighted by Crippen LogP contribution is 2.33. The number of carbonyl (C=O) groups is 1. The minimum atomic E-state index is -0.408. The van der Waals surface area contributed by atoms with Crippen molar-refractivity contribution in [3.8, 4) is 17.2 Å². The molecule has 1 amide bonds. The summed E-state index contributed by atoms with van der Waals surface area (Å²) >= 11 is 0. The van der Waals surface area contributed by atoms with E-state index in [1.165, 1.54) is 10.9 Å². The molecule has 35 heavy (non-hydrogen) atoms. The van der Waals surface area contributed by atoms with Crippen molar-refractivity contribution in [2.75, 3.05) is 32.2 Å². The number of carbonyl (C=O) groups excluding carboxylic acids is 1. The maximum atomic E-state index is 12.9.